The van der Waals surface area contributed by atoms with Gasteiger partial charge in [0.15, 0.2) is 11.5 Å². The van der Waals surface area contributed by atoms with Crippen LogP contribution in [0.15, 0.2) is 24.3 Å². The van der Waals surface area contributed by atoms with Gasteiger partial charge in [0.25, 0.3) is 0 Å². The largest absolute Gasteiger partial charge is 0.490 e. The Hall–Kier alpha value is -2.50. The molecule has 23 heavy (non-hydrogen) atoms. The summed E-state index contributed by atoms with van der Waals surface area (Å²) in [5, 5.41) is 2.53. The number of nitrogens with one attached hydrogen (secondary N) is 1. The number of carbonyl (C=O) groups excluding carboxylic acids is 2. The maximum absolute atomic E-state index is 11.7. The van der Waals surface area contributed by atoms with E-state index in [0.717, 1.165) is 5.56 Å². The zero-order valence-electron chi connectivity index (χ0n) is 14.1. The van der Waals surface area contributed by atoms with E-state index in [9.17, 15) is 9.59 Å². The zero-order valence-corrected chi connectivity index (χ0v) is 14.1. The van der Waals surface area contributed by atoms with Gasteiger partial charge in [0.1, 0.15) is 0 Å². The molecule has 2 amide bonds. The highest BCUT2D eigenvalue weighted by Gasteiger charge is 2.06. The fourth-order valence-electron chi connectivity index (χ4n) is 1.72. The minimum atomic E-state index is -0.327. The molecule has 0 aliphatic rings. The first-order chi connectivity index (χ1) is 11.0. The Labute approximate surface area is 137 Å². The van der Waals surface area contributed by atoms with Gasteiger partial charge < -0.3 is 19.7 Å². The van der Waals surface area contributed by atoms with Crippen LogP contribution in [0.25, 0.3) is 6.08 Å². The summed E-state index contributed by atoms with van der Waals surface area (Å²) in [6, 6.07) is 5.45. The van der Waals surface area contributed by atoms with Gasteiger partial charge in [-0.15, -0.1) is 0 Å². The van der Waals surface area contributed by atoms with Crippen molar-refractivity contribution >= 4 is 17.9 Å². The molecule has 6 heteroatoms. The lowest BCUT2D eigenvalue weighted by Gasteiger charge is -2.11. The van der Waals surface area contributed by atoms with Crippen molar-refractivity contribution in [2.75, 3.05) is 33.9 Å². The van der Waals surface area contributed by atoms with Gasteiger partial charge in [-0.3, -0.25) is 9.59 Å². The standard InChI is InChI=1S/C17H24N2O4/c1-5-22-14-9-7-13(11-15(14)23-6-2)8-10-16(20)18-12-17(21)19(3)4/h7-11H,5-6,12H2,1-4H3,(H,18,20)/b10-8+. The molecule has 0 saturated carbocycles. The summed E-state index contributed by atoms with van der Waals surface area (Å²) in [6.07, 6.45) is 3.04. The van der Waals surface area contributed by atoms with Gasteiger partial charge in [-0.1, -0.05) is 6.07 Å². The molecule has 6 nitrogen and oxygen atoms in total. The summed E-state index contributed by atoms with van der Waals surface area (Å²) in [4.78, 5) is 24.5. The van der Waals surface area contributed by atoms with Crippen molar-refractivity contribution in [3.05, 3.63) is 29.8 Å². The van der Waals surface area contributed by atoms with Crippen LogP contribution in [0.2, 0.25) is 0 Å². The van der Waals surface area contributed by atoms with Crippen molar-refractivity contribution in [1.29, 1.82) is 0 Å². The quantitative estimate of drug-likeness (QED) is 0.740. The highest BCUT2D eigenvalue weighted by molar-refractivity contribution is 5.94. The maximum Gasteiger partial charge on any atom is 0.244 e. The summed E-state index contributed by atoms with van der Waals surface area (Å²) >= 11 is 0. The van der Waals surface area contributed by atoms with Crippen LogP contribution in [-0.4, -0.2) is 50.6 Å². The maximum atomic E-state index is 11.7. The van der Waals surface area contributed by atoms with E-state index in [4.69, 9.17) is 9.47 Å². The number of likely N-dealkylation sites (N-methyl/N-ethyl adjacent to an activating group) is 1. The van der Waals surface area contributed by atoms with Crippen LogP contribution >= 0.6 is 0 Å². The highest BCUT2D eigenvalue weighted by atomic mass is 16.5. The molecule has 126 valence electrons. The number of hydrogen-bond donors (Lipinski definition) is 1. The molecule has 0 aliphatic heterocycles. The van der Waals surface area contributed by atoms with E-state index in [1.807, 2.05) is 32.0 Å². The lowest BCUT2D eigenvalue weighted by molar-refractivity contribution is -0.129. The fourth-order valence-corrected chi connectivity index (χ4v) is 1.72. The third-order valence-corrected chi connectivity index (χ3v) is 2.91. The van der Waals surface area contributed by atoms with Crippen LogP contribution in [0.3, 0.4) is 0 Å². The number of hydrogen-bond acceptors (Lipinski definition) is 4. The number of nitrogens with zero attached hydrogens (tertiary/aromatic N) is 1. The molecule has 0 spiro atoms. The van der Waals surface area contributed by atoms with Crippen molar-refractivity contribution in [1.82, 2.24) is 10.2 Å². The number of amides is 2. The van der Waals surface area contributed by atoms with Crippen LogP contribution in [0, 0.1) is 0 Å². The first-order valence-electron chi connectivity index (χ1n) is 7.53. The van der Waals surface area contributed by atoms with Crippen molar-refractivity contribution < 1.29 is 19.1 Å². The molecule has 0 unspecified atom stereocenters. The van der Waals surface area contributed by atoms with Crippen molar-refractivity contribution in [3.8, 4) is 11.5 Å². The molecule has 1 aromatic rings. The Morgan fingerprint density at radius 3 is 2.39 bits per heavy atom. The van der Waals surface area contributed by atoms with Crippen LogP contribution in [0.1, 0.15) is 19.4 Å². The lowest BCUT2D eigenvalue weighted by Crippen LogP contribution is -2.35. The number of benzene rings is 1. The molecule has 0 heterocycles. The van der Waals surface area contributed by atoms with E-state index in [-0.39, 0.29) is 18.4 Å². The average molecular weight is 320 g/mol. The van der Waals surface area contributed by atoms with Crippen LogP contribution < -0.4 is 14.8 Å². The molecule has 1 rings (SSSR count). The second-order valence-electron chi connectivity index (χ2n) is 4.91. The van der Waals surface area contributed by atoms with E-state index >= 15 is 0 Å². The number of carbonyl (C=O) groups is 2. The molecule has 1 aromatic carbocycles. The minimum absolute atomic E-state index is 0.0242. The van der Waals surface area contributed by atoms with Crippen molar-refractivity contribution in [3.63, 3.8) is 0 Å². The molecule has 0 saturated heterocycles. The monoisotopic (exact) mass is 320 g/mol. The Morgan fingerprint density at radius 1 is 1.13 bits per heavy atom. The third kappa shape index (κ3) is 6.42. The molecule has 0 aliphatic carbocycles. The molecular weight excluding hydrogens is 296 g/mol. The summed E-state index contributed by atoms with van der Waals surface area (Å²) in [5.74, 6) is 0.825. The van der Waals surface area contributed by atoms with Gasteiger partial charge >= 0.3 is 0 Å². The second kappa shape index (κ2) is 9.50. The van der Waals surface area contributed by atoms with E-state index in [1.54, 1.807) is 20.2 Å². The highest BCUT2D eigenvalue weighted by Crippen LogP contribution is 2.28. The van der Waals surface area contributed by atoms with Crippen molar-refractivity contribution in [2.24, 2.45) is 0 Å². The number of rotatable bonds is 8. The van der Waals surface area contributed by atoms with Gasteiger partial charge in [0.2, 0.25) is 11.8 Å². The van der Waals surface area contributed by atoms with Crippen LogP contribution in [-0.2, 0) is 9.59 Å². The van der Waals surface area contributed by atoms with E-state index in [1.165, 1.54) is 11.0 Å². The van der Waals surface area contributed by atoms with Gasteiger partial charge in [-0.25, -0.2) is 0 Å². The lowest BCUT2D eigenvalue weighted by atomic mass is 10.2. The first-order valence-corrected chi connectivity index (χ1v) is 7.53. The molecule has 0 atom stereocenters. The van der Waals surface area contributed by atoms with Crippen LogP contribution in [0.4, 0.5) is 0 Å². The normalized spacial score (nSPS) is 10.4. The average Bonchev–Trinajstić information content (AvgIpc) is 2.53. The second-order valence-corrected chi connectivity index (χ2v) is 4.91. The summed E-state index contributed by atoms with van der Waals surface area (Å²) in [6.45, 7) is 4.86. The van der Waals surface area contributed by atoms with Crippen LogP contribution in [0.5, 0.6) is 11.5 Å². The van der Waals surface area contributed by atoms with Gasteiger partial charge in [0.05, 0.1) is 19.8 Å². The van der Waals surface area contributed by atoms with E-state index < -0.39 is 0 Å². The van der Waals surface area contributed by atoms with Gasteiger partial charge in [0, 0.05) is 20.2 Å². The van der Waals surface area contributed by atoms with E-state index in [2.05, 4.69) is 5.32 Å². The van der Waals surface area contributed by atoms with Gasteiger partial charge in [-0.2, -0.15) is 0 Å². The summed E-state index contributed by atoms with van der Waals surface area (Å²) in [7, 11) is 3.28. The summed E-state index contributed by atoms with van der Waals surface area (Å²) < 4.78 is 11.0. The molecule has 0 fully saturated rings. The fraction of sp³-hybridized carbons (Fsp3) is 0.412. The third-order valence-electron chi connectivity index (χ3n) is 2.91. The minimum Gasteiger partial charge on any atom is -0.490 e. The SMILES string of the molecule is CCOc1ccc(/C=C/C(=O)NCC(=O)N(C)C)cc1OCC. The predicted octanol–water partition coefficient (Wildman–Crippen LogP) is 1.70. The number of ether oxygens (including phenoxy) is 2. The molecule has 0 aromatic heterocycles. The Bertz CT molecular complexity index is 568. The zero-order chi connectivity index (χ0) is 17.2. The Kier molecular flexibility index (Phi) is 7.66. The van der Waals surface area contributed by atoms with E-state index in [0.29, 0.717) is 24.7 Å². The molecule has 0 radical (unpaired) electrons. The molecule has 0 bridgehead atoms. The summed E-state index contributed by atoms with van der Waals surface area (Å²) in [5.41, 5.74) is 0.811. The van der Waals surface area contributed by atoms with Gasteiger partial charge in [-0.05, 0) is 37.6 Å². The van der Waals surface area contributed by atoms with Crippen molar-refractivity contribution in [2.45, 2.75) is 13.8 Å². The predicted molar refractivity (Wildman–Crippen MR) is 89.5 cm³/mol. The Morgan fingerprint density at radius 2 is 1.78 bits per heavy atom. The molecule has 1 N–H and O–H groups in total. The first kappa shape index (κ1) is 18.5. The topological polar surface area (TPSA) is 67.9 Å². The Balaban J connectivity index is 2.70. The molecular formula is C17H24N2O4. The smallest absolute Gasteiger partial charge is 0.244 e.